The van der Waals surface area contributed by atoms with E-state index in [1.54, 1.807) is 0 Å². The second kappa shape index (κ2) is 4.17. The molecule has 0 atom stereocenters. The Balaban J connectivity index is 2.44. The van der Waals surface area contributed by atoms with E-state index in [2.05, 4.69) is 32.9 Å². The molecule has 0 spiro atoms. The van der Waals surface area contributed by atoms with Gasteiger partial charge >= 0.3 is 5.97 Å². The molecule has 0 amide bonds. The van der Waals surface area contributed by atoms with Crippen molar-refractivity contribution < 1.29 is 9.90 Å². The molecular formula is C15H20O2. The Hall–Kier alpha value is -1.31. The lowest BCUT2D eigenvalue weighted by Gasteiger charge is -2.42. The summed E-state index contributed by atoms with van der Waals surface area (Å²) in [6.45, 7) is 6.31. The van der Waals surface area contributed by atoms with Gasteiger partial charge in [0, 0.05) is 5.41 Å². The SMILES string of the molecule is Cc1cc(C)c(C2(CC(=O)O)CCC2)cc1C. The van der Waals surface area contributed by atoms with Crippen molar-refractivity contribution in [1.82, 2.24) is 0 Å². The van der Waals surface area contributed by atoms with E-state index in [1.165, 1.54) is 22.3 Å². The number of carboxylic acids is 1. The normalized spacial score (nSPS) is 17.6. The number of aryl methyl sites for hydroxylation is 3. The van der Waals surface area contributed by atoms with Crippen LogP contribution in [0.1, 0.15) is 47.9 Å². The fraction of sp³-hybridized carbons (Fsp3) is 0.533. The Morgan fingerprint density at radius 2 is 1.76 bits per heavy atom. The average molecular weight is 232 g/mol. The predicted molar refractivity (Wildman–Crippen MR) is 68.4 cm³/mol. The van der Waals surface area contributed by atoms with E-state index in [0.29, 0.717) is 0 Å². The average Bonchev–Trinajstić information content (AvgIpc) is 2.17. The van der Waals surface area contributed by atoms with Crippen molar-refractivity contribution in [1.29, 1.82) is 0 Å². The smallest absolute Gasteiger partial charge is 0.304 e. The third-order valence-corrected chi connectivity index (χ3v) is 4.21. The highest BCUT2D eigenvalue weighted by Crippen LogP contribution is 2.48. The van der Waals surface area contributed by atoms with E-state index in [9.17, 15) is 4.79 Å². The summed E-state index contributed by atoms with van der Waals surface area (Å²) in [4.78, 5) is 11.0. The molecule has 92 valence electrons. The van der Waals surface area contributed by atoms with Gasteiger partial charge in [-0.25, -0.2) is 0 Å². The van der Waals surface area contributed by atoms with Gasteiger partial charge in [-0.05, 0) is 55.9 Å². The minimum absolute atomic E-state index is 0.0889. The van der Waals surface area contributed by atoms with Crippen molar-refractivity contribution in [3.63, 3.8) is 0 Å². The van der Waals surface area contributed by atoms with Gasteiger partial charge in [0.1, 0.15) is 0 Å². The largest absolute Gasteiger partial charge is 0.481 e. The van der Waals surface area contributed by atoms with Gasteiger partial charge in [-0.2, -0.15) is 0 Å². The standard InChI is InChI=1S/C15H20O2/c1-10-7-12(3)13(8-11(10)2)15(5-4-6-15)9-14(16)17/h7-8H,4-6,9H2,1-3H3,(H,16,17). The van der Waals surface area contributed by atoms with Crippen molar-refractivity contribution in [3.05, 3.63) is 34.4 Å². The first-order chi connectivity index (χ1) is 7.94. The molecule has 0 heterocycles. The maximum atomic E-state index is 11.0. The minimum Gasteiger partial charge on any atom is -0.481 e. The van der Waals surface area contributed by atoms with Crippen LogP contribution in [-0.2, 0) is 10.2 Å². The molecular weight excluding hydrogens is 212 g/mol. The minimum atomic E-state index is -0.678. The van der Waals surface area contributed by atoms with Crippen molar-refractivity contribution in [3.8, 4) is 0 Å². The van der Waals surface area contributed by atoms with Gasteiger partial charge < -0.3 is 5.11 Å². The topological polar surface area (TPSA) is 37.3 Å². The first-order valence-corrected chi connectivity index (χ1v) is 6.25. The van der Waals surface area contributed by atoms with Gasteiger partial charge in [0.15, 0.2) is 0 Å². The lowest BCUT2D eigenvalue weighted by atomic mass is 9.61. The van der Waals surface area contributed by atoms with E-state index < -0.39 is 5.97 Å². The molecule has 0 saturated heterocycles. The maximum absolute atomic E-state index is 11.0. The number of hydrogen-bond donors (Lipinski definition) is 1. The zero-order valence-electron chi connectivity index (χ0n) is 10.8. The molecule has 17 heavy (non-hydrogen) atoms. The van der Waals surface area contributed by atoms with Crippen LogP contribution >= 0.6 is 0 Å². The Kier molecular flexibility index (Phi) is 2.98. The number of benzene rings is 1. The predicted octanol–water partition coefficient (Wildman–Crippen LogP) is 3.51. The van der Waals surface area contributed by atoms with Crippen LogP contribution in [0.2, 0.25) is 0 Å². The molecule has 2 nitrogen and oxygen atoms in total. The van der Waals surface area contributed by atoms with Crippen LogP contribution in [0.4, 0.5) is 0 Å². The van der Waals surface area contributed by atoms with Crippen LogP contribution in [0.15, 0.2) is 12.1 Å². The van der Waals surface area contributed by atoms with Crippen LogP contribution in [0.5, 0.6) is 0 Å². The zero-order valence-corrected chi connectivity index (χ0v) is 10.8. The highest BCUT2D eigenvalue weighted by atomic mass is 16.4. The summed E-state index contributed by atoms with van der Waals surface area (Å²) in [5.74, 6) is -0.678. The van der Waals surface area contributed by atoms with Gasteiger partial charge in [0.2, 0.25) is 0 Å². The molecule has 2 rings (SSSR count). The lowest BCUT2D eigenvalue weighted by molar-refractivity contribution is -0.139. The molecule has 1 fully saturated rings. The van der Waals surface area contributed by atoms with Crippen molar-refractivity contribution in [2.24, 2.45) is 0 Å². The number of carbonyl (C=O) groups is 1. The number of aliphatic carboxylic acids is 1. The number of hydrogen-bond acceptors (Lipinski definition) is 1. The van der Waals surface area contributed by atoms with Crippen LogP contribution in [0.25, 0.3) is 0 Å². The quantitative estimate of drug-likeness (QED) is 0.866. The molecule has 1 aliphatic rings. The van der Waals surface area contributed by atoms with E-state index >= 15 is 0 Å². The number of carboxylic acid groups (broad SMARTS) is 1. The summed E-state index contributed by atoms with van der Waals surface area (Å²) in [5.41, 5.74) is 4.97. The molecule has 1 aliphatic carbocycles. The van der Waals surface area contributed by atoms with Gasteiger partial charge in [-0.15, -0.1) is 0 Å². The highest BCUT2D eigenvalue weighted by molar-refractivity contribution is 5.69. The third kappa shape index (κ3) is 2.08. The molecule has 2 heteroatoms. The van der Waals surface area contributed by atoms with Gasteiger partial charge in [-0.1, -0.05) is 18.6 Å². The second-order valence-electron chi connectivity index (χ2n) is 5.46. The molecule has 1 aromatic carbocycles. The van der Waals surface area contributed by atoms with Crippen LogP contribution < -0.4 is 0 Å². The van der Waals surface area contributed by atoms with Crippen molar-refractivity contribution >= 4 is 5.97 Å². The zero-order chi connectivity index (χ0) is 12.6. The summed E-state index contributed by atoms with van der Waals surface area (Å²) in [6.07, 6.45) is 3.46. The van der Waals surface area contributed by atoms with E-state index in [-0.39, 0.29) is 11.8 Å². The Bertz CT molecular complexity index is 456. The van der Waals surface area contributed by atoms with Gasteiger partial charge in [-0.3, -0.25) is 4.79 Å². The fourth-order valence-electron chi connectivity index (χ4n) is 2.97. The molecule has 1 saturated carbocycles. The van der Waals surface area contributed by atoms with Gasteiger partial charge in [0.05, 0.1) is 6.42 Å². The monoisotopic (exact) mass is 232 g/mol. The summed E-state index contributed by atoms with van der Waals surface area (Å²) >= 11 is 0. The molecule has 1 aromatic rings. The Morgan fingerprint density at radius 3 is 2.24 bits per heavy atom. The first kappa shape index (κ1) is 12.2. The van der Waals surface area contributed by atoms with Crippen LogP contribution in [0.3, 0.4) is 0 Å². The van der Waals surface area contributed by atoms with Crippen molar-refractivity contribution in [2.75, 3.05) is 0 Å². The highest BCUT2D eigenvalue weighted by Gasteiger charge is 2.41. The van der Waals surface area contributed by atoms with Crippen LogP contribution in [-0.4, -0.2) is 11.1 Å². The maximum Gasteiger partial charge on any atom is 0.304 e. The fourth-order valence-corrected chi connectivity index (χ4v) is 2.97. The molecule has 0 aliphatic heterocycles. The van der Waals surface area contributed by atoms with E-state index in [0.717, 1.165) is 19.3 Å². The first-order valence-electron chi connectivity index (χ1n) is 6.25. The second-order valence-corrected chi connectivity index (χ2v) is 5.46. The lowest BCUT2D eigenvalue weighted by Crippen LogP contribution is -2.37. The summed E-state index contributed by atoms with van der Waals surface area (Å²) in [5, 5.41) is 9.09. The molecule has 0 bridgehead atoms. The molecule has 0 aromatic heterocycles. The summed E-state index contributed by atoms with van der Waals surface area (Å²) < 4.78 is 0. The molecule has 0 radical (unpaired) electrons. The Labute approximate surface area is 103 Å². The van der Waals surface area contributed by atoms with Gasteiger partial charge in [0.25, 0.3) is 0 Å². The molecule has 1 N–H and O–H groups in total. The van der Waals surface area contributed by atoms with E-state index in [1.807, 2.05) is 0 Å². The van der Waals surface area contributed by atoms with E-state index in [4.69, 9.17) is 5.11 Å². The molecule has 0 unspecified atom stereocenters. The summed E-state index contributed by atoms with van der Waals surface area (Å²) in [7, 11) is 0. The Morgan fingerprint density at radius 1 is 1.18 bits per heavy atom. The van der Waals surface area contributed by atoms with Crippen molar-refractivity contribution in [2.45, 2.75) is 51.9 Å². The van der Waals surface area contributed by atoms with Crippen LogP contribution in [0, 0.1) is 20.8 Å². The summed E-state index contributed by atoms with van der Waals surface area (Å²) in [6, 6.07) is 4.39. The number of rotatable bonds is 3. The third-order valence-electron chi connectivity index (χ3n) is 4.21.